The molecule has 0 atom stereocenters. The molecule has 0 saturated heterocycles. The number of hydrogen-bond acceptors (Lipinski definition) is 4. The van der Waals surface area contributed by atoms with Crippen molar-refractivity contribution in [1.82, 2.24) is 9.97 Å². The third kappa shape index (κ3) is 6.17. The van der Waals surface area contributed by atoms with E-state index in [-0.39, 0.29) is 0 Å². The molecule has 5 heteroatoms. The molecule has 0 unspecified atom stereocenters. The summed E-state index contributed by atoms with van der Waals surface area (Å²) in [5.74, 6) is 0.670. The molecule has 0 aliphatic carbocycles. The molecular weight excluding hydrogens is 479 g/mol. The summed E-state index contributed by atoms with van der Waals surface area (Å²) in [6.07, 6.45) is 0. The molecule has 1 radical (unpaired) electrons. The average molecular weight is 511 g/mol. The molecule has 0 saturated carbocycles. The summed E-state index contributed by atoms with van der Waals surface area (Å²) in [6.45, 7) is 7.24. The van der Waals surface area contributed by atoms with Crippen molar-refractivity contribution in [3.05, 3.63) is 115 Å². The molecule has 5 rings (SSSR count). The van der Waals surface area contributed by atoms with E-state index in [1.165, 1.54) is 5.56 Å². The van der Waals surface area contributed by atoms with Crippen molar-refractivity contribution in [3.63, 3.8) is 0 Å². The van der Waals surface area contributed by atoms with E-state index < -0.39 is 11.2 Å². The maximum absolute atomic E-state index is 10.5. The minimum Gasteiger partial charge on any atom is -0.427 e. The maximum Gasteiger partial charge on any atom is 0.330 e. The van der Waals surface area contributed by atoms with E-state index in [1.54, 1.807) is 21.3 Å². The number of rotatable bonds is 8. The van der Waals surface area contributed by atoms with Gasteiger partial charge in [-0.1, -0.05) is 115 Å². The van der Waals surface area contributed by atoms with Crippen LogP contribution in [0.1, 0.15) is 27.7 Å². The molecule has 39 heavy (non-hydrogen) atoms. The molecular formula is C34H32BN2O2. The first-order valence-electron chi connectivity index (χ1n) is 13.1. The quantitative estimate of drug-likeness (QED) is 0.229. The van der Waals surface area contributed by atoms with Crippen LogP contribution in [-0.2, 0) is 4.65 Å². The summed E-state index contributed by atoms with van der Waals surface area (Å²) in [4.78, 5) is 9.90. The highest BCUT2D eigenvalue weighted by Crippen LogP contribution is 2.29. The first kappa shape index (κ1) is 26.5. The smallest absolute Gasteiger partial charge is 0.330 e. The number of hydrogen-bond donors (Lipinski definition) is 1. The monoisotopic (exact) mass is 511 g/mol. The van der Waals surface area contributed by atoms with Crippen LogP contribution in [0, 0.1) is 0 Å². The van der Waals surface area contributed by atoms with E-state index >= 15 is 0 Å². The number of aromatic nitrogens is 2. The minimum atomic E-state index is -0.997. The Kier molecular flexibility index (Phi) is 7.47. The predicted molar refractivity (Wildman–Crippen MR) is 161 cm³/mol. The second-order valence-corrected chi connectivity index (χ2v) is 10.7. The van der Waals surface area contributed by atoms with E-state index in [1.807, 2.05) is 92.7 Å². The standard InChI is InChI=1S/C34H32BN2O2/c1-33(2,38)34(3,4)39-35-29-17-11-16-28(22-29)31-23-30(36-32(37-31)27-14-9-6-10-15-27)26-20-18-25(19-21-26)24-12-7-5-8-13-24/h5-23,38H,1-4H3. The van der Waals surface area contributed by atoms with Gasteiger partial charge in [-0.05, 0) is 50.5 Å². The zero-order valence-electron chi connectivity index (χ0n) is 22.8. The van der Waals surface area contributed by atoms with Crippen LogP contribution in [0.2, 0.25) is 0 Å². The first-order valence-corrected chi connectivity index (χ1v) is 13.1. The largest absolute Gasteiger partial charge is 0.427 e. The third-order valence-corrected chi connectivity index (χ3v) is 7.19. The Bertz CT molecular complexity index is 1540. The molecule has 4 aromatic carbocycles. The Balaban J connectivity index is 1.51. The second-order valence-electron chi connectivity index (χ2n) is 10.7. The lowest BCUT2D eigenvalue weighted by Crippen LogP contribution is -2.49. The van der Waals surface area contributed by atoms with E-state index in [0.29, 0.717) is 5.82 Å². The third-order valence-electron chi connectivity index (χ3n) is 7.19. The van der Waals surface area contributed by atoms with Gasteiger partial charge in [-0.25, -0.2) is 9.97 Å². The Labute approximate surface area is 231 Å². The van der Waals surface area contributed by atoms with Gasteiger partial charge in [-0.15, -0.1) is 0 Å². The van der Waals surface area contributed by atoms with Gasteiger partial charge < -0.3 is 9.76 Å². The fourth-order valence-electron chi connectivity index (χ4n) is 4.05. The van der Waals surface area contributed by atoms with Crippen LogP contribution in [0.4, 0.5) is 0 Å². The SMILES string of the molecule is CC(C)(O)C(C)(C)O[B]c1cccc(-c2cc(-c3ccc(-c4ccccc4)cc3)nc(-c3ccccc3)n2)c1. The fourth-order valence-corrected chi connectivity index (χ4v) is 4.05. The van der Waals surface area contributed by atoms with E-state index in [9.17, 15) is 5.11 Å². The van der Waals surface area contributed by atoms with Crippen LogP contribution < -0.4 is 5.46 Å². The summed E-state index contributed by atoms with van der Waals surface area (Å²) in [5.41, 5.74) is 6.09. The lowest BCUT2D eigenvalue weighted by Gasteiger charge is -2.37. The Morgan fingerprint density at radius 3 is 1.69 bits per heavy atom. The van der Waals surface area contributed by atoms with Crippen molar-refractivity contribution in [2.45, 2.75) is 38.9 Å². The molecule has 0 bridgehead atoms. The van der Waals surface area contributed by atoms with E-state index in [0.717, 1.165) is 39.1 Å². The molecule has 0 amide bonds. The van der Waals surface area contributed by atoms with E-state index in [4.69, 9.17) is 14.6 Å². The minimum absolute atomic E-state index is 0.670. The van der Waals surface area contributed by atoms with Gasteiger partial charge >= 0.3 is 7.48 Å². The summed E-state index contributed by atoms with van der Waals surface area (Å²) < 4.78 is 6.00. The van der Waals surface area contributed by atoms with Crippen LogP contribution in [0.3, 0.4) is 0 Å². The van der Waals surface area contributed by atoms with Gasteiger partial charge in [0.15, 0.2) is 5.82 Å². The molecule has 1 aromatic heterocycles. The van der Waals surface area contributed by atoms with Gasteiger partial charge in [0.05, 0.1) is 22.6 Å². The highest BCUT2D eigenvalue weighted by molar-refractivity contribution is 6.47. The molecule has 1 N–H and O–H groups in total. The second kappa shape index (κ2) is 11.0. The van der Waals surface area contributed by atoms with Crippen LogP contribution in [0.15, 0.2) is 115 Å². The average Bonchev–Trinajstić information content (AvgIpc) is 2.96. The van der Waals surface area contributed by atoms with Crippen molar-refractivity contribution in [3.8, 4) is 45.0 Å². The molecule has 0 spiro atoms. The Morgan fingerprint density at radius 1 is 0.564 bits per heavy atom. The number of aliphatic hydroxyl groups is 1. The predicted octanol–water partition coefficient (Wildman–Crippen LogP) is 6.96. The van der Waals surface area contributed by atoms with Gasteiger partial charge in [0, 0.05) is 11.1 Å². The fraction of sp³-hybridized carbons (Fsp3) is 0.176. The Hall–Kier alpha value is -4.06. The maximum atomic E-state index is 10.5. The van der Waals surface area contributed by atoms with Crippen LogP contribution in [-0.4, -0.2) is 33.8 Å². The summed E-state index contributed by atoms with van der Waals surface area (Å²) in [5, 5.41) is 10.5. The highest BCUT2D eigenvalue weighted by Gasteiger charge is 2.35. The molecule has 0 aliphatic rings. The normalized spacial score (nSPS) is 11.8. The van der Waals surface area contributed by atoms with E-state index in [2.05, 4.69) is 36.4 Å². The molecule has 5 aromatic rings. The molecule has 193 valence electrons. The molecule has 1 heterocycles. The van der Waals surface area contributed by atoms with Gasteiger partial charge in [-0.2, -0.15) is 0 Å². The number of benzene rings is 4. The van der Waals surface area contributed by atoms with Crippen molar-refractivity contribution in [2.24, 2.45) is 0 Å². The lowest BCUT2D eigenvalue weighted by molar-refractivity contribution is -0.0893. The topological polar surface area (TPSA) is 55.2 Å². The van der Waals surface area contributed by atoms with Crippen LogP contribution >= 0.6 is 0 Å². The highest BCUT2D eigenvalue weighted by atomic mass is 16.5. The van der Waals surface area contributed by atoms with Crippen molar-refractivity contribution in [2.75, 3.05) is 0 Å². The first-order chi connectivity index (χ1) is 18.7. The summed E-state index contributed by atoms with van der Waals surface area (Å²) >= 11 is 0. The van der Waals surface area contributed by atoms with Crippen LogP contribution in [0.25, 0.3) is 45.0 Å². The van der Waals surface area contributed by atoms with Gasteiger partial charge in [0.2, 0.25) is 0 Å². The van der Waals surface area contributed by atoms with Crippen molar-refractivity contribution < 1.29 is 9.76 Å². The molecule has 0 fully saturated rings. The van der Waals surface area contributed by atoms with Gasteiger partial charge in [0.25, 0.3) is 0 Å². The zero-order valence-corrected chi connectivity index (χ0v) is 22.8. The number of nitrogens with zero attached hydrogens (tertiary/aromatic N) is 2. The van der Waals surface area contributed by atoms with Crippen LogP contribution in [0.5, 0.6) is 0 Å². The van der Waals surface area contributed by atoms with Crippen molar-refractivity contribution in [1.29, 1.82) is 0 Å². The zero-order chi connectivity index (χ0) is 27.5. The summed E-state index contributed by atoms with van der Waals surface area (Å²) in [6, 6.07) is 39.0. The molecule has 0 aliphatic heterocycles. The Morgan fingerprint density at radius 2 is 1.08 bits per heavy atom. The lowest BCUT2D eigenvalue weighted by atomic mass is 9.82. The van der Waals surface area contributed by atoms with Gasteiger partial charge in [0.1, 0.15) is 0 Å². The van der Waals surface area contributed by atoms with Crippen molar-refractivity contribution >= 4 is 12.9 Å². The summed E-state index contributed by atoms with van der Waals surface area (Å²) in [7, 11) is 1.70. The molecule has 4 nitrogen and oxygen atoms in total. The van der Waals surface area contributed by atoms with Gasteiger partial charge in [-0.3, -0.25) is 0 Å².